The van der Waals surface area contributed by atoms with Crippen LogP contribution in [0.4, 0.5) is 11.5 Å². The summed E-state index contributed by atoms with van der Waals surface area (Å²) in [7, 11) is 0. The Morgan fingerprint density at radius 1 is 1.33 bits per heavy atom. The number of aromatic amines is 1. The van der Waals surface area contributed by atoms with Gasteiger partial charge in [-0.3, -0.25) is 14.7 Å². The van der Waals surface area contributed by atoms with Gasteiger partial charge in [-0.2, -0.15) is 5.10 Å². The second kappa shape index (κ2) is 5.08. The SMILES string of the molecule is CC(C)CN1C(=O)[C@]2(CC(=O)Nc3[nH]ncc32)c2cc(Cl)ccc21. The Labute approximate surface area is 144 Å². The number of hydrogen-bond donors (Lipinski definition) is 2. The van der Waals surface area contributed by atoms with Crippen molar-refractivity contribution in [3.05, 3.63) is 40.5 Å². The molecular formula is C17H17ClN4O2. The Morgan fingerprint density at radius 3 is 2.88 bits per heavy atom. The van der Waals surface area contributed by atoms with E-state index in [2.05, 4.69) is 29.4 Å². The van der Waals surface area contributed by atoms with Crippen molar-refractivity contribution in [1.82, 2.24) is 10.2 Å². The Morgan fingerprint density at radius 2 is 2.12 bits per heavy atom. The maximum Gasteiger partial charge on any atom is 0.242 e. The molecule has 4 rings (SSSR count). The van der Waals surface area contributed by atoms with Crippen molar-refractivity contribution in [2.75, 3.05) is 16.8 Å². The molecule has 1 aromatic carbocycles. The minimum atomic E-state index is -1.06. The molecule has 0 saturated heterocycles. The number of carbonyl (C=O) groups is 2. The van der Waals surface area contributed by atoms with E-state index in [1.165, 1.54) is 0 Å². The number of fused-ring (bicyclic) bond motifs is 4. The molecule has 0 fully saturated rings. The van der Waals surface area contributed by atoms with E-state index in [0.29, 0.717) is 28.9 Å². The van der Waals surface area contributed by atoms with Gasteiger partial charge in [0, 0.05) is 29.2 Å². The first-order chi connectivity index (χ1) is 11.4. The van der Waals surface area contributed by atoms with Gasteiger partial charge in [0.25, 0.3) is 0 Å². The molecule has 2 aliphatic heterocycles. The second-order valence-corrected chi connectivity index (χ2v) is 7.20. The molecule has 0 radical (unpaired) electrons. The molecule has 0 saturated carbocycles. The zero-order valence-corrected chi connectivity index (χ0v) is 14.1. The Kier molecular flexibility index (Phi) is 3.22. The van der Waals surface area contributed by atoms with Crippen molar-refractivity contribution in [3.63, 3.8) is 0 Å². The summed E-state index contributed by atoms with van der Waals surface area (Å²) in [6.07, 6.45) is 1.68. The largest absolute Gasteiger partial charge is 0.311 e. The normalized spacial score (nSPS) is 22.1. The molecule has 1 spiro atoms. The minimum absolute atomic E-state index is 0.0559. The zero-order chi connectivity index (χ0) is 17.1. The van der Waals surface area contributed by atoms with Crippen LogP contribution in [-0.2, 0) is 15.0 Å². The third-order valence-electron chi connectivity index (χ3n) is 4.66. The maximum atomic E-state index is 13.5. The Bertz CT molecular complexity index is 860. The lowest BCUT2D eigenvalue weighted by molar-refractivity contribution is -0.126. The van der Waals surface area contributed by atoms with Gasteiger partial charge < -0.3 is 10.2 Å². The van der Waals surface area contributed by atoms with Gasteiger partial charge in [-0.15, -0.1) is 0 Å². The van der Waals surface area contributed by atoms with Gasteiger partial charge in [0.15, 0.2) is 0 Å². The van der Waals surface area contributed by atoms with Crippen LogP contribution in [0.5, 0.6) is 0 Å². The van der Waals surface area contributed by atoms with Gasteiger partial charge in [0.1, 0.15) is 11.2 Å². The van der Waals surface area contributed by atoms with E-state index in [9.17, 15) is 9.59 Å². The first-order valence-corrected chi connectivity index (χ1v) is 8.27. The number of benzene rings is 1. The Balaban J connectivity index is 1.99. The van der Waals surface area contributed by atoms with Gasteiger partial charge in [-0.05, 0) is 29.7 Å². The van der Waals surface area contributed by atoms with Crippen molar-refractivity contribution in [1.29, 1.82) is 0 Å². The van der Waals surface area contributed by atoms with E-state index in [4.69, 9.17) is 11.6 Å². The quantitative estimate of drug-likeness (QED) is 0.879. The highest BCUT2D eigenvalue weighted by atomic mass is 35.5. The number of amides is 2. The summed E-state index contributed by atoms with van der Waals surface area (Å²) in [6, 6.07) is 5.43. The third-order valence-corrected chi connectivity index (χ3v) is 4.89. The molecule has 0 unspecified atom stereocenters. The number of H-pyrrole nitrogens is 1. The van der Waals surface area contributed by atoms with E-state index in [1.807, 2.05) is 6.07 Å². The van der Waals surface area contributed by atoms with E-state index >= 15 is 0 Å². The number of rotatable bonds is 2. The van der Waals surface area contributed by atoms with E-state index in [-0.39, 0.29) is 18.2 Å². The van der Waals surface area contributed by atoms with E-state index < -0.39 is 5.41 Å². The van der Waals surface area contributed by atoms with Crippen LogP contribution in [0.15, 0.2) is 24.4 Å². The number of nitrogens with zero attached hydrogens (tertiary/aromatic N) is 2. The monoisotopic (exact) mass is 344 g/mol. The number of carbonyl (C=O) groups excluding carboxylic acids is 2. The summed E-state index contributed by atoms with van der Waals surface area (Å²) in [5.41, 5.74) is 1.24. The number of halogens is 1. The molecule has 2 amide bonds. The molecule has 7 heteroatoms. The van der Waals surface area contributed by atoms with Gasteiger partial charge >= 0.3 is 0 Å². The highest BCUT2D eigenvalue weighted by molar-refractivity contribution is 6.31. The molecule has 2 aliphatic rings. The second-order valence-electron chi connectivity index (χ2n) is 6.76. The standard InChI is InChI=1S/C17H17ClN4O2/c1-9(2)8-22-13-4-3-10(18)5-11(13)17(16(22)24)6-14(23)20-15-12(17)7-19-21-15/h3-5,7,9H,6,8H2,1-2H3,(H2,19,20,21,23)/t17-/m1/s1. The topological polar surface area (TPSA) is 78.1 Å². The highest BCUT2D eigenvalue weighted by Crippen LogP contribution is 2.52. The molecule has 3 heterocycles. The summed E-state index contributed by atoms with van der Waals surface area (Å²) >= 11 is 6.21. The van der Waals surface area contributed by atoms with Crippen molar-refractivity contribution >= 4 is 34.9 Å². The van der Waals surface area contributed by atoms with Gasteiger partial charge in [-0.1, -0.05) is 25.4 Å². The van der Waals surface area contributed by atoms with Crippen LogP contribution in [0, 0.1) is 5.92 Å². The first-order valence-electron chi connectivity index (χ1n) is 7.89. The summed E-state index contributed by atoms with van der Waals surface area (Å²) in [4.78, 5) is 27.5. The van der Waals surface area contributed by atoms with Crippen molar-refractivity contribution < 1.29 is 9.59 Å². The molecule has 1 aromatic heterocycles. The zero-order valence-electron chi connectivity index (χ0n) is 13.4. The maximum absolute atomic E-state index is 13.5. The van der Waals surface area contributed by atoms with E-state index in [1.54, 1.807) is 23.2 Å². The van der Waals surface area contributed by atoms with Gasteiger partial charge in [0.05, 0.1) is 6.20 Å². The fraction of sp³-hybridized carbons (Fsp3) is 0.353. The smallest absolute Gasteiger partial charge is 0.242 e. The lowest BCUT2D eigenvalue weighted by Gasteiger charge is -2.32. The van der Waals surface area contributed by atoms with Crippen LogP contribution in [0.1, 0.15) is 31.4 Å². The molecule has 2 N–H and O–H groups in total. The van der Waals surface area contributed by atoms with Crippen molar-refractivity contribution in [3.8, 4) is 0 Å². The molecule has 6 nitrogen and oxygen atoms in total. The predicted molar refractivity (Wildman–Crippen MR) is 91.3 cm³/mol. The van der Waals surface area contributed by atoms with Crippen LogP contribution >= 0.6 is 11.6 Å². The summed E-state index contributed by atoms with van der Waals surface area (Å²) in [5, 5.41) is 10.1. The fourth-order valence-electron chi connectivity index (χ4n) is 3.74. The first kappa shape index (κ1) is 15.2. The van der Waals surface area contributed by atoms with Crippen LogP contribution in [-0.4, -0.2) is 28.6 Å². The van der Waals surface area contributed by atoms with E-state index in [0.717, 1.165) is 11.3 Å². The lowest BCUT2D eigenvalue weighted by atomic mass is 9.72. The molecule has 0 bridgehead atoms. The molecule has 1 atom stereocenters. The molecule has 24 heavy (non-hydrogen) atoms. The molecule has 124 valence electrons. The van der Waals surface area contributed by atoms with Crippen molar-refractivity contribution in [2.24, 2.45) is 5.92 Å². The van der Waals surface area contributed by atoms with Gasteiger partial charge in [-0.25, -0.2) is 0 Å². The Hall–Kier alpha value is -2.34. The van der Waals surface area contributed by atoms with Gasteiger partial charge in [0.2, 0.25) is 11.8 Å². The summed E-state index contributed by atoms with van der Waals surface area (Å²) in [5.74, 6) is 0.481. The van der Waals surface area contributed by atoms with Crippen LogP contribution in [0.3, 0.4) is 0 Å². The number of anilines is 2. The summed E-state index contributed by atoms with van der Waals surface area (Å²) in [6.45, 7) is 4.71. The highest BCUT2D eigenvalue weighted by Gasteiger charge is 2.56. The van der Waals surface area contributed by atoms with Crippen LogP contribution < -0.4 is 10.2 Å². The molecule has 0 aliphatic carbocycles. The van der Waals surface area contributed by atoms with Crippen LogP contribution in [0.25, 0.3) is 0 Å². The lowest BCUT2D eigenvalue weighted by Crippen LogP contribution is -2.47. The van der Waals surface area contributed by atoms with Crippen LogP contribution in [0.2, 0.25) is 5.02 Å². The minimum Gasteiger partial charge on any atom is -0.311 e. The average molecular weight is 345 g/mol. The molecule has 2 aromatic rings. The summed E-state index contributed by atoms with van der Waals surface area (Å²) < 4.78 is 0. The number of nitrogens with one attached hydrogen (secondary N) is 2. The average Bonchev–Trinajstić information content (AvgIpc) is 3.06. The number of aromatic nitrogens is 2. The van der Waals surface area contributed by atoms with Crippen molar-refractivity contribution in [2.45, 2.75) is 25.7 Å². The number of hydrogen-bond acceptors (Lipinski definition) is 3. The molecular weight excluding hydrogens is 328 g/mol. The fourth-order valence-corrected chi connectivity index (χ4v) is 3.91. The predicted octanol–water partition coefficient (Wildman–Crippen LogP) is 2.69. The third kappa shape index (κ3) is 1.92.